The molecule has 0 radical (unpaired) electrons. The van der Waals surface area contributed by atoms with E-state index >= 15 is 0 Å². The summed E-state index contributed by atoms with van der Waals surface area (Å²) >= 11 is 0. The third kappa shape index (κ3) is 3.45. The monoisotopic (exact) mass is 368 g/mol. The Bertz CT molecular complexity index is 991. The molecule has 6 nitrogen and oxygen atoms in total. The van der Waals surface area contributed by atoms with Crippen molar-refractivity contribution >= 4 is 11.1 Å². The highest BCUT2D eigenvalue weighted by molar-refractivity contribution is 5.72. The Morgan fingerprint density at radius 3 is 2.81 bits per heavy atom. The summed E-state index contributed by atoms with van der Waals surface area (Å²) in [6.45, 7) is 2.53. The first-order chi connectivity index (χ1) is 13.2. The molecule has 1 aromatic heterocycles. The summed E-state index contributed by atoms with van der Waals surface area (Å²) < 4.78 is 18.1. The van der Waals surface area contributed by atoms with Gasteiger partial charge in [-0.1, -0.05) is 12.1 Å². The molecule has 1 unspecified atom stereocenters. The average molecular weight is 368 g/mol. The Morgan fingerprint density at radius 1 is 1.15 bits per heavy atom. The average Bonchev–Trinajstić information content (AvgIpc) is 3.03. The van der Waals surface area contributed by atoms with Crippen LogP contribution in [0.25, 0.3) is 11.1 Å². The van der Waals surface area contributed by atoms with Gasteiger partial charge in [0.1, 0.15) is 11.5 Å². The highest BCUT2D eigenvalue weighted by atomic mass is 16.5. The Balaban J connectivity index is 1.59. The van der Waals surface area contributed by atoms with Crippen molar-refractivity contribution in [3.8, 4) is 11.5 Å². The molecule has 27 heavy (non-hydrogen) atoms. The van der Waals surface area contributed by atoms with E-state index in [1.54, 1.807) is 14.2 Å². The van der Waals surface area contributed by atoms with Crippen LogP contribution >= 0.6 is 0 Å². The number of aromatic nitrogens is 1. The van der Waals surface area contributed by atoms with Crippen molar-refractivity contribution in [3.63, 3.8) is 0 Å². The van der Waals surface area contributed by atoms with Crippen LogP contribution in [0.1, 0.15) is 24.4 Å². The summed E-state index contributed by atoms with van der Waals surface area (Å²) in [5.41, 5.74) is 2.60. The minimum Gasteiger partial charge on any atom is -0.497 e. The number of para-hydroxylation sites is 2. The zero-order valence-corrected chi connectivity index (χ0v) is 15.7. The van der Waals surface area contributed by atoms with Crippen molar-refractivity contribution in [2.24, 2.45) is 0 Å². The summed E-state index contributed by atoms with van der Waals surface area (Å²) in [6.07, 6.45) is 2.00. The minimum absolute atomic E-state index is 0.103. The second-order valence-electron chi connectivity index (χ2n) is 6.91. The van der Waals surface area contributed by atoms with Crippen LogP contribution in [0.2, 0.25) is 0 Å². The molecular weight excluding hydrogens is 344 g/mol. The molecule has 0 saturated carbocycles. The van der Waals surface area contributed by atoms with Crippen LogP contribution in [0.15, 0.2) is 51.7 Å². The first kappa shape index (κ1) is 17.7. The Morgan fingerprint density at radius 2 is 2.00 bits per heavy atom. The quantitative estimate of drug-likeness (QED) is 0.690. The van der Waals surface area contributed by atoms with Gasteiger partial charge in [-0.25, -0.2) is 4.79 Å². The van der Waals surface area contributed by atoms with E-state index in [2.05, 4.69) is 4.90 Å². The Labute approximate surface area is 157 Å². The van der Waals surface area contributed by atoms with Gasteiger partial charge in [-0.15, -0.1) is 0 Å². The van der Waals surface area contributed by atoms with E-state index < -0.39 is 0 Å². The number of ether oxygens (including phenoxy) is 2. The molecule has 6 heteroatoms. The third-order valence-corrected chi connectivity index (χ3v) is 5.25. The fourth-order valence-corrected chi connectivity index (χ4v) is 3.96. The molecule has 1 atom stereocenters. The van der Waals surface area contributed by atoms with Crippen molar-refractivity contribution in [1.29, 1.82) is 0 Å². The number of oxazole rings is 1. The van der Waals surface area contributed by atoms with Crippen LogP contribution < -0.4 is 15.2 Å². The summed E-state index contributed by atoms with van der Waals surface area (Å²) in [7, 11) is 3.35. The van der Waals surface area contributed by atoms with E-state index in [4.69, 9.17) is 13.9 Å². The molecule has 3 aromatic rings. The highest BCUT2D eigenvalue weighted by Crippen LogP contribution is 2.29. The fourth-order valence-electron chi connectivity index (χ4n) is 3.96. The number of hydrogen-bond donors (Lipinski definition) is 0. The molecule has 0 spiro atoms. The predicted octanol–water partition coefficient (Wildman–Crippen LogP) is 3.45. The molecule has 0 amide bonds. The van der Waals surface area contributed by atoms with Gasteiger partial charge in [-0.05, 0) is 49.7 Å². The molecule has 0 bridgehead atoms. The van der Waals surface area contributed by atoms with Gasteiger partial charge >= 0.3 is 5.76 Å². The van der Waals surface area contributed by atoms with Gasteiger partial charge in [0.25, 0.3) is 0 Å². The van der Waals surface area contributed by atoms with Crippen LogP contribution in [-0.2, 0) is 6.54 Å². The molecule has 4 rings (SSSR count). The number of likely N-dealkylation sites (tertiary alicyclic amines) is 1. The maximum Gasteiger partial charge on any atom is 0.420 e. The van der Waals surface area contributed by atoms with Gasteiger partial charge < -0.3 is 13.9 Å². The smallest absolute Gasteiger partial charge is 0.420 e. The zero-order valence-electron chi connectivity index (χ0n) is 15.7. The first-order valence-corrected chi connectivity index (χ1v) is 9.23. The molecule has 1 aliphatic rings. The van der Waals surface area contributed by atoms with Gasteiger partial charge in [-0.2, -0.15) is 0 Å². The number of hydrogen-bond acceptors (Lipinski definition) is 5. The molecule has 2 aromatic carbocycles. The van der Waals surface area contributed by atoms with Crippen molar-refractivity contribution in [2.45, 2.75) is 25.4 Å². The Hall–Kier alpha value is -2.73. The van der Waals surface area contributed by atoms with Crippen LogP contribution in [0.5, 0.6) is 11.5 Å². The molecule has 1 aliphatic heterocycles. The van der Waals surface area contributed by atoms with E-state index in [0.29, 0.717) is 5.58 Å². The molecule has 142 valence electrons. The second kappa shape index (κ2) is 7.48. The van der Waals surface area contributed by atoms with Crippen molar-refractivity contribution < 1.29 is 13.9 Å². The lowest BCUT2D eigenvalue weighted by molar-refractivity contribution is 0.166. The first-order valence-electron chi connectivity index (χ1n) is 9.23. The van der Waals surface area contributed by atoms with Gasteiger partial charge in [-0.3, -0.25) is 9.47 Å². The molecule has 2 heterocycles. The SMILES string of the molecule is COc1ccc(OC)c(CN2CCCC(n3c(=O)oc4ccccc43)C2)c1. The van der Waals surface area contributed by atoms with Gasteiger partial charge in [0, 0.05) is 18.7 Å². The van der Waals surface area contributed by atoms with E-state index in [1.807, 2.05) is 47.0 Å². The van der Waals surface area contributed by atoms with Crippen LogP contribution in [-0.4, -0.2) is 36.8 Å². The summed E-state index contributed by atoms with van der Waals surface area (Å²) in [5, 5.41) is 0. The molecule has 0 N–H and O–H groups in total. The number of fused-ring (bicyclic) bond motifs is 1. The summed E-state index contributed by atoms with van der Waals surface area (Å²) in [5.74, 6) is 1.39. The minimum atomic E-state index is -0.276. The van der Waals surface area contributed by atoms with E-state index in [1.165, 1.54) is 0 Å². The van der Waals surface area contributed by atoms with Crippen molar-refractivity contribution in [1.82, 2.24) is 9.47 Å². The molecule has 1 saturated heterocycles. The number of nitrogens with zero attached hydrogens (tertiary/aromatic N) is 2. The van der Waals surface area contributed by atoms with Crippen molar-refractivity contribution in [3.05, 3.63) is 58.6 Å². The molecule has 0 aliphatic carbocycles. The lowest BCUT2D eigenvalue weighted by Gasteiger charge is -2.33. The third-order valence-electron chi connectivity index (χ3n) is 5.25. The number of methoxy groups -OCH3 is 2. The molecular formula is C21H24N2O4. The van der Waals surface area contributed by atoms with Gasteiger partial charge in [0.15, 0.2) is 5.58 Å². The summed E-state index contributed by atoms with van der Waals surface area (Å²) in [6, 6.07) is 13.6. The standard InChI is InChI=1S/C21H24N2O4/c1-25-17-9-10-19(26-2)15(12-17)13-22-11-5-6-16(14-22)23-18-7-3-4-8-20(18)27-21(23)24/h3-4,7-10,12,16H,5-6,11,13-14H2,1-2H3. The van der Waals surface area contributed by atoms with E-state index in [-0.39, 0.29) is 11.8 Å². The predicted molar refractivity (Wildman–Crippen MR) is 104 cm³/mol. The van der Waals surface area contributed by atoms with Gasteiger partial charge in [0.2, 0.25) is 0 Å². The van der Waals surface area contributed by atoms with Crippen LogP contribution in [0, 0.1) is 0 Å². The number of benzene rings is 2. The van der Waals surface area contributed by atoms with E-state index in [9.17, 15) is 4.79 Å². The number of piperidine rings is 1. The fraction of sp³-hybridized carbons (Fsp3) is 0.381. The van der Waals surface area contributed by atoms with Crippen molar-refractivity contribution in [2.75, 3.05) is 27.3 Å². The van der Waals surface area contributed by atoms with E-state index in [0.717, 1.165) is 55.1 Å². The summed E-state index contributed by atoms with van der Waals surface area (Å²) in [4.78, 5) is 14.8. The molecule has 1 fully saturated rings. The maximum absolute atomic E-state index is 12.4. The lowest BCUT2D eigenvalue weighted by Crippen LogP contribution is -2.38. The van der Waals surface area contributed by atoms with Gasteiger partial charge in [0.05, 0.1) is 25.8 Å². The van der Waals surface area contributed by atoms with Crippen LogP contribution in [0.3, 0.4) is 0 Å². The second-order valence-corrected chi connectivity index (χ2v) is 6.91. The lowest BCUT2D eigenvalue weighted by atomic mass is 10.0. The van der Waals surface area contributed by atoms with Crippen LogP contribution in [0.4, 0.5) is 0 Å². The number of rotatable bonds is 5. The largest absolute Gasteiger partial charge is 0.497 e. The Kier molecular flexibility index (Phi) is 4.90. The zero-order chi connectivity index (χ0) is 18.8. The topological polar surface area (TPSA) is 56.8 Å². The highest BCUT2D eigenvalue weighted by Gasteiger charge is 2.25. The normalized spacial score (nSPS) is 17.9. The maximum atomic E-state index is 12.4.